The van der Waals surface area contributed by atoms with Crippen molar-refractivity contribution >= 4 is 16.9 Å². The summed E-state index contributed by atoms with van der Waals surface area (Å²) in [7, 11) is 0. The average molecular weight is 380 g/mol. The molecule has 0 spiro atoms. The minimum absolute atomic E-state index is 0.123. The lowest BCUT2D eigenvalue weighted by atomic mass is 9.89. The first kappa shape index (κ1) is 20.0. The Bertz CT molecular complexity index is 948. The molecule has 0 saturated carbocycles. The number of carbonyl (C=O) groups is 1. The molecule has 148 valence electrons. The Morgan fingerprint density at radius 2 is 2.00 bits per heavy atom. The third-order valence-corrected chi connectivity index (χ3v) is 4.97. The highest BCUT2D eigenvalue weighted by atomic mass is 16.3. The van der Waals surface area contributed by atoms with Gasteiger partial charge in [0.25, 0.3) is 5.91 Å². The van der Waals surface area contributed by atoms with Crippen molar-refractivity contribution in [3.05, 3.63) is 48.2 Å². The maximum Gasteiger partial charge on any atom is 0.252 e. The number of fused-ring (bicyclic) bond motifs is 1. The van der Waals surface area contributed by atoms with E-state index in [2.05, 4.69) is 10.4 Å². The summed E-state index contributed by atoms with van der Waals surface area (Å²) in [5, 5.41) is 17.5. The lowest BCUT2D eigenvalue weighted by Crippen LogP contribution is -2.26. The summed E-state index contributed by atoms with van der Waals surface area (Å²) in [6, 6.07) is 11.7. The largest absolute Gasteiger partial charge is 0.396 e. The van der Waals surface area contributed by atoms with Gasteiger partial charge in [0.2, 0.25) is 0 Å². The number of aliphatic hydroxyl groups excluding tert-OH is 1. The molecule has 0 bridgehead atoms. The number of carbonyl (C=O) groups excluding carboxylic acids is 1. The number of aromatic nitrogens is 3. The van der Waals surface area contributed by atoms with Gasteiger partial charge in [-0.25, -0.2) is 9.67 Å². The Hall–Kier alpha value is -2.73. The van der Waals surface area contributed by atoms with Gasteiger partial charge in [0.05, 0.1) is 22.8 Å². The van der Waals surface area contributed by atoms with Crippen LogP contribution in [-0.2, 0) is 6.54 Å². The van der Waals surface area contributed by atoms with Gasteiger partial charge in [0.15, 0.2) is 5.65 Å². The number of aryl methyl sites for hydroxylation is 1. The zero-order chi connectivity index (χ0) is 20.1. The normalized spacial score (nSPS) is 11.7. The Kier molecular flexibility index (Phi) is 6.09. The SMILES string of the molecule is CCn1ncc2c(C(=O)NCCCC(C)(C)CO)cc(-c3ccccc3)nc21. The quantitative estimate of drug-likeness (QED) is 0.585. The van der Waals surface area contributed by atoms with Crippen molar-refractivity contribution in [1.29, 1.82) is 0 Å². The van der Waals surface area contributed by atoms with E-state index < -0.39 is 0 Å². The standard InChI is InChI=1S/C22H28N4O2/c1-4-26-20-18(14-24-26)17(13-19(25-20)16-9-6-5-7-10-16)21(28)23-12-8-11-22(2,3)15-27/h5-7,9-10,13-14,27H,4,8,11-12,15H2,1-3H3,(H,23,28). The summed E-state index contributed by atoms with van der Waals surface area (Å²) in [6.07, 6.45) is 3.37. The van der Waals surface area contributed by atoms with E-state index in [4.69, 9.17) is 4.98 Å². The molecule has 0 aliphatic carbocycles. The molecule has 1 amide bonds. The minimum Gasteiger partial charge on any atom is -0.396 e. The van der Waals surface area contributed by atoms with Crippen LogP contribution in [0.1, 0.15) is 44.0 Å². The number of rotatable bonds is 8. The van der Waals surface area contributed by atoms with Gasteiger partial charge in [-0.3, -0.25) is 4.79 Å². The fourth-order valence-electron chi connectivity index (χ4n) is 3.17. The smallest absolute Gasteiger partial charge is 0.252 e. The molecule has 0 saturated heterocycles. The number of nitrogens with one attached hydrogen (secondary N) is 1. The van der Waals surface area contributed by atoms with Crippen LogP contribution in [0, 0.1) is 5.41 Å². The third-order valence-electron chi connectivity index (χ3n) is 4.97. The number of aliphatic hydroxyl groups is 1. The van der Waals surface area contributed by atoms with Crippen LogP contribution in [0.15, 0.2) is 42.6 Å². The summed E-state index contributed by atoms with van der Waals surface area (Å²) in [5.74, 6) is -0.123. The van der Waals surface area contributed by atoms with Gasteiger partial charge in [-0.15, -0.1) is 0 Å². The lowest BCUT2D eigenvalue weighted by molar-refractivity contribution is 0.0950. The van der Waals surface area contributed by atoms with E-state index in [0.29, 0.717) is 18.7 Å². The highest BCUT2D eigenvalue weighted by molar-refractivity contribution is 6.06. The molecule has 0 aliphatic rings. The number of nitrogens with zero attached hydrogens (tertiary/aromatic N) is 3. The van der Waals surface area contributed by atoms with Crippen molar-refractivity contribution in [1.82, 2.24) is 20.1 Å². The molecule has 0 fully saturated rings. The topological polar surface area (TPSA) is 80.0 Å². The van der Waals surface area contributed by atoms with Crippen LogP contribution in [0.25, 0.3) is 22.3 Å². The van der Waals surface area contributed by atoms with Crippen LogP contribution in [-0.4, -0.2) is 38.9 Å². The van der Waals surface area contributed by atoms with E-state index in [1.54, 1.807) is 6.20 Å². The minimum atomic E-state index is -0.128. The first-order valence-electron chi connectivity index (χ1n) is 9.76. The van der Waals surface area contributed by atoms with Crippen molar-refractivity contribution < 1.29 is 9.90 Å². The summed E-state index contributed by atoms with van der Waals surface area (Å²) in [4.78, 5) is 17.7. The first-order chi connectivity index (χ1) is 13.4. The van der Waals surface area contributed by atoms with Crippen LogP contribution >= 0.6 is 0 Å². The molecule has 6 nitrogen and oxygen atoms in total. The van der Waals surface area contributed by atoms with Gasteiger partial charge in [-0.05, 0) is 31.2 Å². The molecule has 0 radical (unpaired) electrons. The van der Waals surface area contributed by atoms with Crippen molar-refractivity contribution in [3.63, 3.8) is 0 Å². The van der Waals surface area contributed by atoms with E-state index in [9.17, 15) is 9.90 Å². The van der Waals surface area contributed by atoms with Crippen LogP contribution < -0.4 is 5.32 Å². The predicted octanol–water partition coefficient (Wildman–Crippen LogP) is 3.65. The van der Waals surface area contributed by atoms with E-state index in [-0.39, 0.29) is 17.9 Å². The van der Waals surface area contributed by atoms with Gasteiger partial charge in [-0.1, -0.05) is 44.2 Å². The molecule has 0 aliphatic heterocycles. The van der Waals surface area contributed by atoms with Gasteiger partial charge >= 0.3 is 0 Å². The highest BCUT2D eigenvalue weighted by Gasteiger charge is 2.18. The van der Waals surface area contributed by atoms with Gasteiger partial charge in [-0.2, -0.15) is 5.10 Å². The zero-order valence-electron chi connectivity index (χ0n) is 16.8. The molecule has 1 aromatic carbocycles. The van der Waals surface area contributed by atoms with Crippen molar-refractivity contribution in [2.24, 2.45) is 5.41 Å². The number of hydrogen-bond donors (Lipinski definition) is 2. The molecule has 3 aromatic rings. The Morgan fingerprint density at radius 1 is 1.25 bits per heavy atom. The molecule has 2 aromatic heterocycles. The van der Waals surface area contributed by atoms with Crippen LogP contribution in [0.3, 0.4) is 0 Å². The predicted molar refractivity (Wildman–Crippen MR) is 111 cm³/mol. The van der Waals surface area contributed by atoms with Crippen LogP contribution in [0.4, 0.5) is 0 Å². The Balaban J connectivity index is 1.87. The maximum atomic E-state index is 12.9. The average Bonchev–Trinajstić information content (AvgIpc) is 3.14. The lowest BCUT2D eigenvalue weighted by Gasteiger charge is -2.21. The Morgan fingerprint density at radius 3 is 2.68 bits per heavy atom. The molecular weight excluding hydrogens is 352 g/mol. The summed E-state index contributed by atoms with van der Waals surface area (Å²) in [5.41, 5.74) is 2.90. The molecular formula is C22H28N4O2. The van der Waals surface area contributed by atoms with Crippen LogP contribution in [0.5, 0.6) is 0 Å². The molecule has 0 unspecified atom stereocenters. The number of pyridine rings is 1. The maximum absolute atomic E-state index is 12.9. The second-order valence-electron chi connectivity index (χ2n) is 7.80. The fraction of sp³-hybridized carbons (Fsp3) is 0.409. The summed E-state index contributed by atoms with van der Waals surface area (Å²) >= 11 is 0. The second kappa shape index (κ2) is 8.52. The fourth-order valence-corrected chi connectivity index (χ4v) is 3.17. The molecule has 28 heavy (non-hydrogen) atoms. The van der Waals surface area contributed by atoms with E-state index in [1.807, 2.05) is 61.9 Å². The molecule has 6 heteroatoms. The monoisotopic (exact) mass is 380 g/mol. The zero-order valence-corrected chi connectivity index (χ0v) is 16.8. The molecule has 0 atom stereocenters. The van der Waals surface area contributed by atoms with E-state index >= 15 is 0 Å². The number of amides is 1. The summed E-state index contributed by atoms with van der Waals surface area (Å²) < 4.78 is 1.81. The Labute approximate surface area is 165 Å². The van der Waals surface area contributed by atoms with Gasteiger partial charge in [0, 0.05) is 25.3 Å². The van der Waals surface area contributed by atoms with Crippen molar-refractivity contribution in [3.8, 4) is 11.3 Å². The molecule has 2 heterocycles. The third kappa shape index (κ3) is 4.39. The van der Waals surface area contributed by atoms with E-state index in [0.717, 1.165) is 35.1 Å². The van der Waals surface area contributed by atoms with Crippen molar-refractivity contribution in [2.45, 2.75) is 40.2 Å². The molecule has 3 rings (SSSR count). The van der Waals surface area contributed by atoms with Gasteiger partial charge in [0.1, 0.15) is 0 Å². The number of hydrogen-bond acceptors (Lipinski definition) is 4. The van der Waals surface area contributed by atoms with Gasteiger partial charge < -0.3 is 10.4 Å². The second-order valence-corrected chi connectivity index (χ2v) is 7.80. The van der Waals surface area contributed by atoms with Crippen molar-refractivity contribution in [2.75, 3.05) is 13.2 Å². The summed E-state index contributed by atoms with van der Waals surface area (Å²) in [6.45, 7) is 7.44. The highest BCUT2D eigenvalue weighted by Crippen LogP contribution is 2.25. The molecule has 2 N–H and O–H groups in total. The van der Waals surface area contributed by atoms with E-state index in [1.165, 1.54) is 0 Å². The van der Waals surface area contributed by atoms with Crippen LogP contribution in [0.2, 0.25) is 0 Å². The number of benzene rings is 1. The first-order valence-corrected chi connectivity index (χ1v) is 9.76.